The third-order valence-electron chi connectivity index (χ3n) is 2.68. The first-order valence-electron chi connectivity index (χ1n) is 6.25. The Labute approximate surface area is 112 Å². The Hall–Kier alpha value is -0.540. The third kappa shape index (κ3) is 5.09. The van der Waals surface area contributed by atoms with Gasteiger partial charge in [-0.15, -0.1) is 0 Å². The van der Waals surface area contributed by atoms with Crippen LogP contribution in [0.4, 0.5) is 0 Å². The van der Waals surface area contributed by atoms with Gasteiger partial charge in [-0.25, -0.2) is 0 Å². The van der Waals surface area contributed by atoms with Gasteiger partial charge in [0.2, 0.25) is 0 Å². The fraction of sp³-hybridized carbons (Fsp3) is 0.571. The summed E-state index contributed by atoms with van der Waals surface area (Å²) in [7, 11) is 0. The number of aliphatic hydroxyl groups excluding tert-OH is 1. The Bertz CT molecular complexity index is 337. The van der Waals surface area contributed by atoms with Gasteiger partial charge in [-0.2, -0.15) is 0 Å². The first-order chi connectivity index (χ1) is 8.15. The van der Waals surface area contributed by atoms with E-state index >= 15 is 0 Å². The molecule has 1 atom stereocenters. The van der Waals surface area contributed by atoms with Crippen molar-refractivity contribution in [3.63, 3.8) is 0 Å². The highest BCUT2D eigenvalue weighted by atomic mass is 79.9. The Kier molecular flexibility index (Phi) is 6.60. The molecule has 0 bridgehead atoms. The van der Waals surface area contributed by atoms with Gasteiger partial charge in [0, 0.05) is 10.0 Å². The summed E-state index contributed by atoms with van der Waals surface area (Å²) in [4.78, 5) is 0. The van der Waals surface area contributed by atoms with Crippen LogP contribution in [0.2, 0.25) is 0 Å². The summed E-state index contributed by atoms with van der Waals surface area (Å²) in [6, 6.07) is 5.74. The lowest BCUT2D eigenvalue weighted by Crippen LogP contribution is -2.02. The van der Waals surface area contributed by atoms with Crippen LogP contribution in [0.15, 0.2) is 22.7 Å². The standard InChI is InChI=1S/C14H21BrO2/c1-3-4-5-6-9-17-14-10-12(15)7-8-13(14)11(2)16/h7-8,10-11,16H,3-6,9H2,1-2H3/t11-/m0/s1. The Balaban J connectivity index is 2.53. The lowest BCUT2D eigenvalue weighted by atomic mass is 10.1. The largest absolute Gasteiger partial charge is 0.493 e. The molecule has 0 spiro atoms. The van der Waals surface area contributed by atoms with Crippen molar-refractivity contribution >= 4 is 15.9 Å². The SMILES string of the molecule is CCCCCCOc1cc(Br)ccc1[C@H](C)O. The zero-order valence-electron chi connectivity index (χ0n) is 10.6. The molecular formula is C14H21BrO2. The molecule has 17 heavy (non-hydrogen) atoms. The monoisotopic (exact) mass is 300 g/mol. The minimum absolute atomic E-state index is 0.492. The average molecular weight is 301 g/mol. The van der Waals surface area contributed by atoms with E-state index in [4.69, 9.17) is 4.74 Å². The van der Waals surface area contributed by atoms with Gasteiger partial charge < -0.3 is 9.84 Å². The van der Waals surface area contributed by atoms with E-state index in [1.165, 1.54) is 19.3 Å². The molecule has 1 aromatic rings. The van der Waals surface area contributed by atoms with Gasteiger partial charge >= 0.3 is 0 Å². The number of hydrogen-bond acceptors (Lipinski definition) is 2. The maximum Gasteiger partial charge on any atom is 0.126 e. The van der Waals surface area contributed by atoms with E-state index < -0.39 is 6.10 Å². The van der Waals surface area contributed by atoms with Crippen LogP contribution in [0.25, 0.3) is 0 Å². The van der Waals surface area contributed by atoms with Crippen LogP contribution < -0.4 is 4.74 Å². The van der Waals surface area contributed by atoms with Crippen LogP contribution in [-0.4, -0.2) is 11.7 Å². The van der Waals surface area contributed by atoms with Gasteiger partial charge in [0.15, 0.2) is 0 Å². The molecule has 0 saturated heterocycles. The quantitative estimate of drug-likeness (QED) is 0.753. The second kappa shape index (κ2) is 7.72. The van der Waals surface area contributed by atoms with E-state index in [0.717, 1.165) is 28.8 Å². The number of unbranched alkanes of at least 4 members (excludes halogenated alkanes) is 3. The third-order valence-corrected chi connectivity index (χ3v) is 3.17. The summed E-state index contributed by atoms with van der Waals surface area (Å²) >= 11 is 3.42. The molecule has 0 aromatic heterocycles. The molecule has 2 nitrogen and oxygen atoms in total. The summed E-state index contributed by atoms with van der Waals surface area (Å²) in [5.74, 6) is 0.783. The summed E-state index contributed by atoms with van der Waals surface area (Å²) < 4.78 is 6.71. The first-order valence-corrected chi connectivity index (χ1v) is 7.04. The summed E-state index contributed by atoms with van der Waals surface area (Å²) in [5, 5.41) is 9.64. The van der Waals surface area contributed by atoms with Crippen LogP contribution >= 0.6 is 15.9 Å². The number of halogens is 1. The highest BCUT2D eigenvalue weighted by Gasteiger charge is 2.09. The molecule has 0 heterocycles. The van der Waals surface area contributed by atoms with Crippen molar-refractivity contribution in [2.45, 2.75) is 45.6 Å². The minimum Gasteiger partial charge on any atom is -0.493 e. The second-order valence-corrected chi connectivity index (χ2v) is 5.18. The van der Waals surface area contributed by atoms with E-state index in [9.17, 15) is 5.11 Å². The van der Waals surface area contributed by atoms with Crippen LogP contribution in [0.1, 0.15) is 51.2 Å². The number of benzene rings is 1. The Morgan fingerprint density at radius 2 is 2.06 bits per heavy atom. The van der Waals surface area contributed by atoms with Gasteiger partial charge in [-0.05, 0) is 25.5 Å². The van der Waals surface area contributed by atoms with E-state index in [1.807, 2.05) is 18.2 Å². The molecule has 0 radical (unpaired) electrons. The van der Waals surface area contributed by atoms with Gasteiger partial charge in [-0.3, -0.25) is 0 Å². The van der Waals surface area contributed by atoms with Gasteiger partial charge in [0.25, 0.3) is 0 Å². The lowest BCUT2D eigenvalue weighted by molar-refractivity contribution is 0.190. The number of ether oxygens (including phenoxy) is 1. The molecule has 3 heteroatoms. The molecule has 1 N–H and O–H groups in total. The molecular weight excluding hydrogens is 280 g/mol. The smallest absolute Gasteiger partial charge is 0.126 e. The van der Waals surface area contributed by atoms with E-state index in [-0.39, 0.29) is 0 Å². The normalized spacial score (nSPS) is 12.5. The molecule has 0 fully saturated rings. The molecule has 0 aliphatic carbocycles. The fourth-order valence-corrected chi connectivity index (χ4v) is 2.03. The minimum atomic E-state index is -0.492. The van der Waals surface area contributed by atoms with Gasteiger partial charge in [-0.1, -0.05) is 48.2 Å². The number of aliphatic hydroxyl groups is 1. The van der Waals surface area contributed by atoms with Gasteiger partial charge in [0.05, 0.1) is 12.7 Å². The predicted octanol–water partition coefficient (Wildman–Crippen LogP) is 4.46. The molecule has 0 amide bonds. The summed E-state index contributed by atoms with van der Waals surface area (Å²) in [5.41, 5.74) is 0.851. The van der Waals surface area contributed by atoms with Crippen molar-refractivity contribution in [2.75, 3.05) is 6.61 Å². The summed E-state index contributed by atoms with van der Waals surface area (Å²) in [6.07, 6.45) is 4.27. The maximum absolute atomic E-state index is 9.64. The lowest BCUT2D eigenvalue weighted by Gasteiger charge is -2.13. The average Bonchev–Trinajstić information content (AvgIpc) is 2.28. The zero-order chi connectivity index (χ0) is 12.7. The molecule has 1 rings (SSSR count). The van der Waals surface area contributed by atoms with E-state index in [1.54, 1.807) is 6.92 Å². The van der Waals surface area contributed by atoms with Crippen LogP contribution in [0.5, 0.6) is 5.75 Å². The van der Waals surface area contributed by atoms with Crippen LogP contribution in [-0.2, 0) is 0 Å². The van der Waals surface area contributed by atoms with Crippen molar-refractivity contribution in [2.24, 2.45) is 0 Å². The fourth-order valence-electron chi connectivity index (χ4n) is 1.69. The maximum atomic E-state index is 9.64. The molecule has 96 valence electrons. The van der Waals surface area contributed by atoms with Crippen LogP contribution in [0.3, 0.4) is 0 Å². The highest BCUT2D eigenvalue weighted by Crippen LogP contribution is 2.28. The van der Waals surface area contributed by atoms with E-state index in [2.05, 4.69) is 22.9 Å². The van der Waals surface area contributed by atoms with Gasteiger partial charge in [0.1, 0.15) is 5.75 Å². The first kappa shape index (κ1) is 14.5. The highest BCUT2D eigenvalue weighted by molar-refractivity contribution is 9.10. The molecule has 0 saturated carbocycles. The van der Waals surface area contributed by atoms with E-state index in [0.29, 0.717) is 0 Å². The predicted molar refractivity (Wildman–Crippen MR) is 74.4 cm³/mol. The topological polar surface area (TPSA) is 29.5 Å². The second-order valence-electron chi connectivity index (χ2n) is 4.27. The van der Waals surface area contributed by atoms with Crippen molar-refractivity contribution in [1.82, 2.24) is 0 Å². The van der Waals surface area contributed by atoms with Crippen molar-refractivity contribution < 1.29 is 9.84 Å². The van der Waals surface area contributed by atoms with Crippen molar-refractivity contribution in [3.8, 4) is 5.75 Å². The zero-order valence-corrected chi connectivity index (χ0v) is 12.2. The molecule has 1 aromatic carbocycles. The number of rotatable bonds is 7. The molecule has 0 aliphatic heterocycles. The molecule has 0 unspecified atom stereocenters. The summed E-state index contributed by atoms with van der Waals surface area (Å²) in [6.45, 7) is 4.67. The Morgan fingerprint density at radius 1 is 1.29 bits per heavy atom. The van der Waals surface area contributed by atoms with Crippen LogP contribution in [0, 0.1) is 0 Å². The van der Waals surface area contributed by atoms with Crippen molar-refractivity contribution in [3.05, 3.63) is 28.2 Å². The Morgan fingerprint density at radius 3 is 2.71 bits per heavy atom. The molecule has 0 aliphatic rings. The number of hydrogen-bond donors (Lipinski definition) is 1. The van der Waals surface area contributed by atoms with Crippen molar-refractivity contribution in [1.29, 1.82) is 0 Å².